The molecular weight excluding hydrogens is 140 g/mol. The Bertz CT molecular complexity index is 230. The Morgan fingerprint density at radius 3 is 2.18 bits per heavy atom. The van der Waals surface area contributed by atoms with Crippen LogP contribution >= 0.6 is 0 Å². The first kappa shape index (κ1) is 8.24. The van der Waals surface area contributed by atoms with Crippen molar-refractivity contribution < 1.29 is 4.42 Å². The maximum atomic E-state index is 5.28. The average molecular weight is 154 g/mol. The molecule has 1 aromatic heterocycles. The summed E-state index contributed by atoms with van der Waals surface area (Å²) in [5.74, 6) is 2.30. The molecule has 1 rings (SSSR count). The van der Waals surface area contributed by atoms with Gasteiger partial charge in [0, 0.05) is 12.8 Å². The van der Waals surface area contributed by atoms with Crippen molar-refractivity contribution >= 4 is 0 Å². The van der Waals surface area contributed by atoms with Gasteiger partial charge in [-0.2, -0.15) is 0 Å². The summed E-state index contributed by atoms with van der Waals surface area (Å²) in [5, 5.41) is 7.72. The fourth-order valence-electron chi connectivity index (χ4n) is 0.781. The lowest BCUT2D eigenvalue weighted by Gasteiger charge is -2.09. The van der Waals surface area contributed by atoms with Crippen LogP contribution in [0, 0.1) is 12.8 Å². The Morgan fingerprint density at radius 1 is 1.18 bits per heavy atom. The predicted molar refractivity (Wildman–Crippen MR) is 42.3 cm³/mol. The van der Waals surface area contributed by atoms with Crippen molar-refractivity contribution in [2.24, 2.45) is 5.92 Å². The van der Waals surface area contributed by atoms with E-state index >= 15 is 0 Å². The van der Waals surface area contributed by atoms with Crippen molar-refractivity contribution in [2.45, 2.75) is 33.6 Å². The molecule has 0 N–H and O–H groups in total. The Morgan fingerprint density at radius 2 is 1.82 bits per heavy atom. The number of aromatic nitrogens is 2. The van der Waals surface area contributed by atoms with Gasteiger partial charge >= 0.3 is 0 Å². The van der Waals surface area contributed by atoms with Crippen molar-refractivity contribution in [3.05, 3.63) is 11.8 Å². The van der Waals surface area contributed by atoms with E-state index < -0.39 is 0 Å². The lowest BCUT2D eigenvalue weighted by Crippen LogP contribution is -2.01. The summed E-state index contributed by atoms with van der Waals surface area (Å²) in [6.45, 7) is 8.19. The Kier molecular flexibility index (Phi) is 2.27. The molecule has 0 spiro atoms. The molecule has 0 aliphatic rings. The van der Waals surface area contributed by atoms with E-state index in [2.05, 4.69) is 31.0 Å². The summed E-state index contributed by atoms with van der Waals surface area (Å²) in [5.41, 5.74) is 0. The van der Waals surface area contributed by atoms with E-state index in [1.54, 1.807) is 0 Å². The molecule has 0 radical (unpaired) electrons. The maximum absolute atomic E-state index is 5.28. The molecule has 0 saturated heterocycles. The standard InChI is InChI=1S/C8H14N2O/c1-5(2)6(3)8-10-9-7(4)11-8/h5-6H,1-4H3/t6-/m0/s1. The lowest BCUT2D eigenvalue weighted by molar-refractivity contribution is 0.389. The van der Waals surface area contributed by atoms with Crippen molar-refractivity contribution in [3.8, 4) is 0 Å². The van der Waals surface area contributed by atoms with Crippen LogP contribution in [-0.2, 0) is 0 Å². The zero-order chi connectivity index (χ0) is 8.43. The van der Waals surface area contributed by atoms with Crippen LogP contribution < -0.4 is 0 Å². The minimum atomic E-state index is 0.358. The first-order chi connectivity index (χ1) is 5.11. The summed E-state index contributed by atoms with van der Waals surface area (Å²) in [6, 6.07) is 0. The summed E-state index contributed by atoms with van der Waals surface area (Å²) in [4.78, 5) is 0. The van der Waals surface area contributed by atoms with E-state index in [4.69, 9.17) is 4.42 Å². The van der Waals surface area contributed by atoms with Gasteiger partial charge in [0.2, 0.25) is 11.8 Å². The quantitative estimate of drug-likeness (QED) is 0.655. The molecule has 3 nitrogen and oxygen atoms in total. The van der Waals surface area contributed by atoms with Crippen LogP contribution in [0.25, 0.3) is 0 Å². The van der Waals surface area contributed by atoms with Gasteiger partial charge in [-0.15, -0.1) is 10.2 Å². The number of aryl methyl sites for hydroxylation is 1. The highest BCUT2D eigenvalue weighted by molar-refractivity contribution is 4.89. The van der Waals surface area contributed by atoms with E-state index in [0.29, 0.717) is 17.7 Å². The summed E-state index contributed by atoms with van der Waals surface area (Å²) in [6.07, 6.45) is 0. The van der Waals surface area contributed by atoms with Crippen molar-refractivity contribution in [1.29, 1.82) is 0 Å². The van der Waals surface area contributed by atoms with Crippen molar-refractivity contribution in [3.63, 3.8) is 0 Å². The van der Waals surface area contributed by atoms with Gasteiger partial charge in [-0.3, -0.25) is 0 Å². The largest absolute Gasteiger partial charge is 0.425 e. The van der Waals surface area contributed by atoms with Crippen LogP contribution in [0.3, 0.4) is 0 Å². The molecule has 0 aliphatic heterocycles. The fraction of sp³-hybridized carbons (Fsp3) is 0.750. The molecule has 3 heteroatoms. The predicted octanol–water partition coefficient (Wildman–Crippen LogP) is 2.14. The summed E-state index contributed by atoms with van der Waals surface area (Å²) < 4.78 is 5.28. The molecule has 11 heavy (non-hydrogen) atoms. The summed E-state index contributed by atoms with van der Waals surface area (Å²) >= 11 is 0. The highest BCUT2D eigenvalue weighted by Crippen LogP contribution is 2.21. The average Bonchev–Trinajstić information content (AvgIpc) is 2.34. The SMILES string of the molecule is Cc1nnc([C@@H](C)C(C)C)o1. The minimum Gasteiger partial charge on any atom is -0.425 e. The Labute approximate surface area is 66.8 Å². The molecule has 0 amide bonds. The van der Waals surface area contributed by atoms with Crippen molar-refractivity contribution in [1.82, 2.24) is 10.2 Å². The third-order valence-corrected chi connectivity index (χ3v) is 1.93. The third-order valence-electron chi connectivity index (χ3n) is 1.93. The molecule has 0 unspecified atom stereocenters. The highest BCUT2D eigenvalue weighted by atomic mass is 16.4. The molecule has 1 heterocycles. The first-order valence-corrected chi connectivity index (χ1v) is 3.91. The molecular formula is C8H14N2O. The number of hydrogen-bond acceptors (Lipinski definition) is 3. The zero-order valence-corrected chi connectivity index (χ0v) is 7.46. The topological polar surface area (TPSA) is 38.9 Å². The highest BCUT2D eigenvalue weighted by Gasteiger charge is 2.15. The molecule has 0 bridgehead atoms. The van der Waals surface area contributed by atoms with Gasteiger partial charge in [0.25, 0.3) is 0 Å². The number of rotatable bonds is 2. The second-order valence-electron chi connectivity index (χ2n) is 3.19. The van der Waals surface area contributed by atoms with Crippen LogP contribution in [-0.4, -0.2) is 10.2 Å². The fourth-order valence-corrected chi connectivity index (χ4v) is 0.781. The van der Waals surface area contributed by atoms with Gasteiger partial charge in [0.1, 0.15) is 0 Å². The molecule has 1 aromatic rings. The summed E-state index contributed by atoms with van der Waals surface area (Å²) in [7, 11) is 0. The van der Waals surface area contributed by atoms with Gasteiger partial charge < -0.3 is 4.42 Å². The normalized spacial score (nSPS) is 13.9. The van der Waals surface area contributed by atoms with E-state index in [0.717, 1.165) is 5.89 Å². The number of nitrogens with zero attached hydrogens (tertiary/aromatic N) is 2. The molecule has 0 aliphatic carbocycles. The van der Waals surface area contributed by atoms with Crippen LogP contribution in [0.15, 0.2) is 4.42 Å². The van der Waals surface area contributed by atoms with E-state index in [1.807, 2.05) is 6.92 Å². The maximum Gasteiger partial charge on any atom is 0.219 e. The smallest absolute Gasteiger partial charge is 0.219 e. The first-order valence-electron chi connectivity index (χ1n) is 3.91. The lowest BCUT2D eigenvalue weighted by atomic mass is 9.98. The van der Waals surface area contributed by atoms with E-state index in [-0.39, 0.29) is 0 Å². The second-order valence-corrected chi connectivity index (χ2v) is 3.19. The van der Waals surface area contributed by atoms with Crippen LogP contribution in [0.2, 0.25) is 0 Å². The van der Waals surface area contributed by atoms with Crippen LogP contribution in [0.5, 0.6) is 0 Å². The molecule has 0 fully saturated rings. The van der Waals surface area contributed by atoms with Gasteiger partial charge in [-0.1, -0.05) is 20.8 Å². The second kappa shape index (κ2) is 3.03. The van der Waals surface area contributed by atoms with Gasteiger partial charge in [0.05, 0.1) is 0 Å². The monoisotopic (exact) mass is 154 g/mol. The zero-order valence-electron chi connectivity index (χ0n) is 7.46. The van der Waals surface area contributed by atoms with Crippen molar-refractivity contribution in [2.75, 3.05) is 0 Å². The molecule has 1 atom stereocenters. The van der Waals surface area contributed by atoms with Gasteiger partial charge in [0.15, 0.2) is 0 Å². The molecule has 62 valence electrons. The number of hydrogen-bond donors (Lipinski definition) is 0. The van der Waals surface area contributed by atoms with Gasteiger partial charge in [-0.05, 0) is 5.92 Å². The molecule has 0 saturated carbocycles. The van der Waals surface area contributed by atoms with Gasteiger partial charge in [-0.25, -0.2) is 0 Å². The van der Waals surface area contributed by atoms with Crippen LogP contribution in [0.1, 0.15) is 38.5 Å². The Balaban J connectivity index is 2.76. The third kappa shape index (κ3) is 1.79. The Hall–Kier alpha value is -0.860. The van der Waals surface area contributed by atoms with Crippen LogP contribution in [0.4, 0.5) is 0 Å². The van der Waals surface area contributed by atoms with E-state index in [1.165, 1.54) is 0 Å². The molecule has 0 aromatic carbocycles. The minimum absolute atomic E-state index is 0.358. The van der Waals surface area contributed by atoms with E-state index in [9.17, 15) is 0 Å².